The Bertz CT molecular complexity index is 406. The number of Topliss-reactive ketones (excluding diaryl/α,β-unsaturated/α-hetero) is 1. The van der Waals surface area contributed by atoms with Gasteiger partial charge >= 0.3 is 0 Å². The molecule has 0 amide bonds. The third-order valence-electron chi connectivity index (χ3n) is 6.00. The van der Waals surface area contributed by atoms with Gasteiger partial charge in [-0.3, -0.25) is 4.79 Å². The van der Waals surface area contributed by atoms with Crippen LogP contribution in [0.2, 0.25) is 0 Å². The molecule has 1 nitrogen and oxygen atoms in total. The topological polar surface area (TPSA) is 17.1 Å². The Hall–Kier alpha value is -0.850. The zero-order valence-electron chi connectivity index (χ0n) is 12.3. The highest BCUT2D eigenvalue weighted by molar-refractivity contribution is 5.89. The van der Waals surface area contributed by atoms with Gasteiger partial charge in [-0.2, -0.15) is 0 Å². The van der Waals surface area contributed by atoms with Crippen molar-refractivity contribution >= 4 is 5.78 Å². The largest absolute Gasteiger partial charge is 0.299 e. The van der Waals surface area contributed by atoms with Gasteiger partial charge in [0.2, 0.25) is 0 Å². The highest BCUT2D eigenvalue weighted by Gasteiger charge is 2.56. The van der Waals surface area contributed by atoms with Crippen molar-refractivity contribution in [3.8, 4) is 0 Å². The molecule has 0 aromatic carbocycles. The van der Waals surface area contributed by atoms with Crippen LogP contribution in [0.1, 0.15) is 53.4 Å². The van der Waals surface area contributed by atoms with Crippen LogP contribution in [0.5, 0.6) is 0 Å². The summed E-state index contributed by atoms with van der Waals surface area (Å²) in [7, 11) is 0. The predicted molar refractivity (Wildman–Crippen MR) is 76.3 cm³/mol. The van der Waals surface area contributed by atoms with Crippen LogP contribution in [0, 0.1) is 22.7 Å². The van der Waals surface area contributed by atoms with Crippen molar-refractivity contribution in [2.45, 2.75) is 53.4 Å². The number of fused-ring (bicyclic) bond motifs is 1. The van der Waals surface area contributed by atoms with Crippen LogP contribution in [0.3, 0.4) is 0 Å². The molecule has 4 atom stereocenters. The maximum Gasteiger partial charge on any atom is 0.143 e. The number of carbonyl (C=O) groups excluding carboxylic acids is 1. The van der Waals surface area contributed by atoms with Crippen molar-refractivity contribution in [3.63, 3.8) is 0 Å². The summed E-state index contributed by atoms with van der Waals surface area (Å²) in [6.07, 6.45) is 8.34. The minimum absolute atomic E-state index is 0.220. The molecule has 2 rings (SSSR count). The quantitative estimate of drug-likeness (QED) is 0.654. The Labute approximate surface area is 111 Å². The first-order valence-corrected chi connectivity index (χ1v) is 7.18. The van der Waals surface area contributed by atoms with E-state index in [-0.39, 0.29) is 10.8 Å². The molecule has 2 aliphatic rings. The molecule has 1 heteroatoms. The Kier molecular flexibility index (Phi) is 3.29. The first-order chi connectivity index (χ1) is 8.37. The average Bonchev–Trinajstić information content (AvgIpc) is 2.31. The summed E-state index contributed by atoms with van der Waals surface area (Å²) in [5.74, 6) is 1.39. The van der Waals surface area contributed by atoms with Crippen molar-refractivity contribution in [1.29, 1.82) is 0 Å². The van der Waals surface area contributed by atoms with E-state index in [2.05, 4.69) is 40.3 Å². The molecular weight excluding hydrogens is 220 g/mol. The first-order valence-electron chi connectivity index (χ1n) is 7.18. The number of ketones is 1. The van der Waals surface area contributed by atoms with Crippen LogP contribution < -0.4 is 0 Å². The summed E-state index contributed by atoms with van der Waals surface area (Å²) >= 11 is 0. The Morgan fingerprint density at radius 3 is 2.78 bits per heavy atom. The minimum atomic E-state index is -0.220. The van der Waals surface area contributed by atoms with E-state index in [0.29, 0.717) is 17.6 Å². The second-order valence-corrected chi connectivity index (χ2v) is 6.75. The lowest BCUT2D eigenvalue weighted by Gasteiger charge is -2.56. The number of hydrogen-bond donors (Lipinski definition) is 0. The molecule has 0 unspecified atom stereocenters. The number of allylic oxidation sites excluding steroid dienone is 3. The summed E-state index contributed by atoms with van der Waals surface area (Å²) in [4.78, 5) is 12.6. The van der Waals surface area contributed by atoms with Crippen molar-refractivity contribution in [2.24, 2.45) is 22.7 Å². The predicted octanol–water partition coefficient (Wildman–Crippen LogP) is 4.54. The van der Waals surface area contributed by atoms with Gasteiger partial charge in [0, 0.05) is 6.42 Å². The van der Waals surface area contributed by atoms with E-state index in [9.17, 15) is 4.79 Å². The zero-order chi connectivity index (χ0) is 13.6. The molecular formula is C17H26O. The Morgan fingerprint density at radius 1 is 1.50 bits per heavy atom. The molecule has 0 aromatic heterocycles. The lowest BCUT2D eigenvalue weighted by atomic mass is 9.46. The lowest BCUT2D eigenvalue weighted by Crippen LogP contribution is -2.54. The molecule has 0 radical (unpaired) electrons. The fourth-order valence-corrected chi connectivity index (χ4v) is 4.37. The molecule has 0 bridgehead atoms. The Balaban J connectivity index is 2.50. The van der Waals surface area contributed by atoms with Crippen LogP contribution in [0.4, 0.5) is 0 Å². The number of hydrogen-bond acceptors (Lipinski definition) is 1. The van der Waals surface area contributed by atoms with Crippen molar-refractivity contribution in [1.82, 2.24) is 0 Å². The molecule has 0 aliphatic heterocycles. The fraction of sp³-hybridized carbons (Fsp3) is 0.706. The van der Waals surface area contributed by atoms with E-state index in [1.165, 1.54) is 5.57 Å². The molecule has 0 N–H and O–H groups in total. The minimum Gasteiger partial charge on any atom is -0.299 e. The normalized spacial score (nSPS) is 44.2. The van der Waals surface area contributed by atoms with Crippen molar-refractivity contribution in [3.05, 3.63) is 24.3 Å². The highest BCUT2D eigenvalue weighted by Crippen LogP contribution is 2.59. The number of rotatable bonds is 2. The molecule has 0 spiro atoms. The molecule has 18 heavy (non-hydrogen) atoms. The molecule has 100 valence electrons. The van der Waals surface area contributed by atoms with Crippen LogP contribution in [-0.4, -0.2) is 5.78 Å². The van der Waals surface area contributed by atoms with Gasteiger partial charge in [-0.25, -0.2) is 0 Å². The van der Waals surface area contributed by atoms with Gasteiger partial charge < -0.3 is 0 Å². The van der Waals surface area contributed by atoms with E-state index in [4.69, 9.17) is 0 Å². The van der Waals surface area contributed by atoms with Crippen LogP contribution in [0.25, 0.3) is 0 Å². The van der Waals surface area contributed by atoms with E-state index < -0.39 is 0 Å². The standard InChI is InChI=1S/C17H26O/c1-6-10-16(4)13(3)11-15(18)17(5)12(2)8-7-9-14(16)17/h6,8,13-14H,1,7,9-11H2,2-5H3/t13-,14+,16-,17-/m1/s1. The second-order valence-electron chi connectivity index (χ2n) is 6.75. The van der Waals surface area contributed by atoms with Crippen LogP contribution in [0.15, 0.2) is 24.3 Å². The van der Waals surface area contributed by atoms with Crippen molar-refractivity contribution in [2.75, 3.05) is 0 Å². The first kappa shape index (κ1) is 13.6. The van der Waals surface area contributed by atoms with E-state index in [1.54, 1.807) is 0 Å². The lowest BCUT2D eigenvalue weighted by molar-refractivity contribution is -0.143. The summed E-state index contributed by atoms with van der Waals surface area (Å²) in [5.41, 5.74) is 1.30. The molecule has 2 aliphatic carbocycles. The van der Waals surface area contributed by atoms with Gasteiger partial charge in [0.05, 0.1) is 5.41 Å². The third kappa shape index (κ3) is 1.63. The number of carbonyl (C=O) groups is 1. The molecule has 1 saturated carbocycles. The summed E-state index contributed by atoms with van der Waals surface area (Å²) in [6, 6.07) is 0. The molecule has 0 saturated heterocycles. The van der Waals surface area contributed by atoms with Gasteiger partial charge in [0.25, 0.3) is 0 Å². The van der Waals surface area contributed by atoms with E-state index in [0.717, 1.165) is 25.7 Å². The maximum absolute atomic E-state index is 12.6. The monoisotopic (exact) mass is 246 g/mol. The summed E-state index contributed by atoms with van der Waals surface area (Å²) in [5, 5.41) is 0. The van der Waals surface area contributed by atoms with E-state index in [1.807, 2.05) is 6.08 Å². The van der Waals surface area contributed by atoms with Gasteiger partial charge in [0.15, 0.2) is 0 Å². The summed E-state index contributed by atoms with van der Waals surface area (Å²) < 4.78 is 0. The smallest absolute Gasteiger partial charge is 0.143 e. The van der Waals surface area contributed by atoms with E-state index >= 15 is 0 Å². The fourth-order valence-electron chi connectivity index (χ4n) is 4.37. The maximum atomic E-state index is 12.6. The SMILES string of the molecule is C=CC[C@]1(C)[C@H](C)CC(=O)[C@]2(C)C(C)=CCC[C@H]21. The molecule has 0 heterocycles. The highest BCUT2D eigenvalue weighted by atomic mass is 16.1. The van der Waals surface area contributed by atoms with Crippen LogP contribution >= 0.6 is 0 Å². The molecule has 0 aromatic rings. The van der Waals surface area contributed by atoms with Crippen molar-refractivity contribution < 1.29 is 4.79 Å². The van der Waals surface area contributed by atoms with Gasteiger partial charge in [0.1, 0.15) is 5.78 Å². The van der Waals surface area contributed by atoms with Crippen LogP contribution in [-0.2, 0) is 4.79 Å². The molecule has 1 fully saturated rings. The van der Waals surface area contributed by atoms with Gasteiger partial charge in [-0.05, 0) is 50.4 Å². The average molecular weight is 246 g/mol. The Morgan fingerprint density at radius 2 is 2.17 bits per heavy atom. The third-order valence-corrected chi connectivity index (χ3v) is 6.00. The van der Waals surface area contributed by atoms with Gasteiger partial charge in [-0.15, -0.1) is 6.58 Å². The zero-order valence-corrected chi connectivity index (χ0v) is 12.3. The van der Waals surface area contributed by atoms with Gasteiger partial charge in [-0.1, -0.05) is 31.6 Å². The second kappa shape index (κ2) is 4.36. The summed E-state index contributed by atoms with van der Waals surface area (Å²) in [6.45, 7) is 12.9.